The van der Waals surface area contributed by atoms with Gasteiger partial charge in [0, 0.05) is 5.56 Å². The normalized spacial score (nSPS) is 11.0. The van der Waals surface area contributed by atoms with Crippen LogP contribution in [0.1, 0.15) is 15.9 Å². The van der Waals surface area contributed by atoms with E-state index in [4.69, 9.17) is 14.2 Å². The van der Waals surface area contributed by atoms with Gasteiger partial charge < -0.3 is 14.2 Å². The van der Waals surface area contributed by atoms with E-state index in [2.05, 4.69) is 0 Å². The van der Waals surface area contributed by atoms with Crippen molar-refractivity contribution in [1.82, 2.24) is 0 Å². The third kappa shape index (κ3) is 4.70. The number of carbonyl (C=O) groups excluding carboxylic acids is 1. The molecule has 0 heterocycles. The van der Waals surface area contributed by atoms with E-state index in [0.717, 1.165) is 5.56 Å². The van der Waals surface area contributed by atoms with Crippen LogP contribution in [0.5, 0.6) is 17.2 Å². The molecule has 0 saturated heterocycles. The standard InChI is InChI=1S/C20H19FO4/c1-23-18-12-15(13-19(24-2)20(18)25-3)17(22)7-5-4-6-14-8-10-16(21)11-9-14/h4-13H,1-3H3/b6-4+,7-5+. The van der Waals surface area contributed by atoms with E-state index in [9.17, 15) is 9.18 Å². The zero-order valence-corrected chi connectivity index (χ0v) is 14.3. The minimum absolute atomic E-state index is 0.206. The summed E-state index contributed by atoms with van der Waals surface area (Å²) in [6.07, 6.45) is 6.54. The van der Waals surface area contributed by atoms with Crippen LogP contribution in [0.25, 0.3) is 6.08 Å². The number of halogens is 1. The molecular weight excluding hydrogens is 323 g/mol. The predicted molar refractivity (Wildman–Crippen MR) is 95.0 cm³/mol. The highest BCUT2D eigenvalue weighted by atomic mass is 19.1. The second-order valence-electron chi connectivity index (χ2n) is 5.05. The molecule has 0 radical (unpaired) electrons. The minimum atomic E-state index is -0.287. The maximum atomic E-state index is 12.8. The topological polar surface area (TPSA) is 44.8 Å². The molecule has 25 heavy (non-hydrogen) atoms. The second kappa shape index (κ2) is 8.68. The average Bonchev–Trinajstić information content (AvgIpc) is 2.65. The third-order valence-electron chi connectivity index (χ3n) is 3.47. The van der Waals surface area contributed by atoms with Crippen molar-refractivity contribution in [3.8, 4) is 17.2 Å². The van der Waals surface area contributed by atoms with Gasteiger partial charge in [-0.3, -0.25) is 4.79 Å². The van der Waals surface area contributed by atoms with Crippen molar-refractivity contribution in [3.63, 3.8) is 0 Å². The molecule has 4 nitrogen and oxygen atoms in total. The smallest absolute Gasteiger partial charge is 0.203 e. The van der Waals surface area contributed by atoms with E-state index in [0.29, 0.717) is 22.8 Å². The van der Waals surface area contributed by atoms with Crippen LogP contribution in [0.15, 0.2) is 54.6 Å². The maximum Gasteiger partial charge on any atom is 0.203 e. The quantitative estimate of drug-likeness (QED) is 0.427. The van der Waals surface area contributed by atoms with E-state index in [-0.39, 0.29) is 11.6 Å². The molecule has 0 aliphatic heterocycles. The molecule has 0 unspecified atom stereocenters. The molecule has 0 aliphatic rings. The Kier molecular flexibility index (Phi) is 6.34. The lowest BCUT2D eigenvalue weighted by Gasteiger charge is -2.13. The van der Waals surface area contributed by atoms with Crippen molar-refractivity contribution in [1.29, 1.82) is 0 Å². The Labute approximate surface area is 146 Å². The molecule has 0 saturated carbocycles. The second-order valence-corrected chi connectivity index (χ2v) is 5.05. The molecular formula is C20H19FO4. The van der Waals surface area contributed by atoms with Crippen LogP contribution in [0, 0.1) is 5.82 Å². The molecule has 0 fully saturated rings. The fourth-order valence-electron chi connectivity index (χ4n) is 2.20. The van der Waals surface area contributed by atoms with Crippen LogP contribution < -0.4 is 14.2 Å². The Balaban J connectivity index is 2.15. The van der Waals surface area contributed by atoms with Gasteiger partial charge in [0.25, 0.3) is 0 Å². The Morgan fingerprint density at radius 1 is 0.920 bits per heavy atom. The number of ketones is 1. The number of hydrogen-bond acceptors (Lipinski definition) is 4. The van der Waals surface area contributed by atoms with Crippen LogP contribution >= 0.6 is 0 Å². The number of hydrogen-bond donors (Lipinski definition) is 0. The first kappa shape index (κ1) is 18.3. The van der Waals surface area contributed by atoms with Gasteiger partial charge in [-0.15, -0.1) is 0 Å². The minimum Gasteiger partial charge on any atom is -0.493 e. The Hall–Kier alpha value is -3.08. The highest BCUT2D eigenvalue weighted by Crippen LogP contribution is 2.38. The first-order valence-electron chi connectivity index (χ1n) is 7.53. The Morgan fingerprint density at radius 2 is 1.52 bits per heavy atom. The summed E-state index contributed by atoms with van der Waals surface area (Å²) < 4.78 is 28.5. The number of rotatable bonds is 7. The Bertz CT molecular complexity index is 767. The molecule has 0 aromatic heterocycles. The van der Waals surface area contributed by atoms with E-state index in [1.54, 1.807) is 42.5 Å². The summed E-state index contributed by atoms with van der Waals surface area (Å²) in [4.78, 5) is 12.3. The summed E-state index contributed by atoms with van der Waals surface area (Å²) in [5.74, 6) is 0.774. The van der Waals surface area contributed by atoms with Gasteiger partial charge in [-0.25, -0.2) is 4.39 Å². The fraction of sp³-hybridized carbons (Fsp3) is 0.150. The van der Waals surface area contributed by atoms with E-state index >= 15 is 0 Å². The molecule has 0 bridgehead atoms. The van der Waals surface area contributed by atoms with Crippen molar-refractivity contribution in [2.45, 2.75) is 0 Å². The molecule has 2 aromatic rings. The molecule has 0 amide bonds. The lowest BCUT2D eigenvalue weighted by atomic mass is 10.1. The number of ether oxygens (including phenoxy) is 3. The Morgan fingerprint density at radius 3 is 2.04 bits per heavy atom. The zero-order chi connectivity index (χ0) is 18.2. The van der Waals surface area contributed by atoms with Crippen LogP contribution in [-0.2, 0) is 0 Å². The number of benzene rings is 2. The van der Waals surface area contributed by atoms with Crippen molar-refractivity contribution in [2.75, 3.05) is 21.3 Å². The highest BCUT2D eigenvalue weighted by molar-refractivity contribution is 6.05. The maximum absolute atomic E-state index is 12.8. The summed E-state index contributed by atoms with van der Waals surface area (Å²) >= 11 is 0. The largest absolute Gasteiger partial charge is 0.493 e. The molecule has 0 atom stereocenters. The molecule has 130 valence electrons. The molecule has 2 aromatic carbocycles. The fourth-order valence-corrected chi connectivity index (χ4v) is 2.20. The van der Waals surface area contributed by atoms with Gasteiger partial charge in [0.2, 0.25) is 5.75 Å². The number of carbonyl (C=O) groups is 1. The monoisotopic (exact) mass is 342 g/mol. The van der Waals surface area contributed by atoms with Gasteiger partial charge in [0.05, 0.1) is 21.3 Å². The zero-order valence-electron chi connectivity index (χ0n) is 14.3. The molecule has 0 aliphatic carbocycles. The summed E-state index contributed by atoms with van der Waals surface area (Å²) in [5, 5.41) is 0. The lowest BCUT2D eigenvalue weighted by Crippen LogP contribution is -2.00. The molecule has 0 N–H and O–H groups in total. The van der Waals surface area contributed by atoms with E-state index in [1.807, 2.05) is 0 Å². The third-order valence-corrected chi connectivity index (χ3v) is 3.47. The summed E-state index contributed by atoms with van der Waals surface area (Å²) in [6.45, 7) is 0. The summed E-state index contributed by atoms with van der Waals surface area (Å²) in [7, 11) is 4.49. The number of allylic oxidation sites excluding steroid dienone is 3. The SMILES string of the molecule is COc1cc(C(=O)/C=C/C=C/c2ccc(F)cc2)cc(OC)c1OC. The summed E-state index contributed by atoms with van der Waals surface area (Å²) in [5.41, 5.74) is 1.26. The van der Waals surface area contributed by atoms with Gasteiger partial charge >= 0.3 is 0 Å². The van der Waals surface area contributed by atoms with Gasteiger partial charge in [-0.1, -0.05) is 30.4 Å². The van der Waals surface area contributed by atoms with Gasteiger partial charge in [-0.2, -0.15) is 0 Å². The van der Waals surface area contributed by atoms with E-state index < -0.39 is 0 Å². The van der Waals surface area contributed by atoms with Crippen LogP contribution in [0.3, 0.4) is 0 Å². The van der Waals surface area contributed by atoms with E-state index in [1.165, 1.54) is 39.5 Å². The number of methoxy groups -OCH3 is 3. The molecule has 5 heteroatoms. The van der Waals surface area contributed by atoms with Gasteiger partial charge in [0.15, 0.2) is 17.3 Å². The molecule has 0 spiro atoms. The van der Waals surface area contributed by atoms with Gasteiger partial charge in [0.1, 0.15) is 5.82 Å². The summed E-state index contributed by atoms with van der Waals surface area (Å²) in [6, 6.07) is 9.26. The van der Waals surface area contributed by atoms with Crippen LogP contribution in [0.4, 0.5) is 4.39 Å². The van der Waals surface area contributed by atoms with Crippen molar-refractivity contribution in [3.05, 3.63) is 71.6 Å². The first-order valence-corrected chi connectivity index (χ1v) is 7.53. The van der Waals surface area contributed by atoms with Crippen LogP contribution in [-0.4, -0.2) is 27.1 Å². The van der Waals surface area contributed by atoms with Crippen molar-refractivity contribution < 1.29 is 23.4 Å². The van der Waals surface area contributed by atoms with Gasteiger partial charge in [-0.05, 0) is 35.9 Å². The van der Waals surface area contributed by atoms with Crippen molar-refractivity contribution in [2.24, 2.45) is 0 Å². The lowest BCUT2D eigenvalue weighted by molar-refractivity contribution is 0.104. The highest BCUT2D eigenvalue weighted by Gasteiger charge is 2.15. The predicted octanol–water partition coefficient (Wildman–Crippen LogP) is 4.30. The molecule has 2 rings (SSSR count). The first-order chi connectivity index (χ1) is 12.1. The average molecular weight is 342 g/mol. The van der Waals surface area contributed by atoms with Crippen LogP contribution in [0.2, 0.25) is 0 Å². The van der Waals surface area contributed by atoms with Crippen molar-refractivity contribution >= 4 is 11.9 Å².